The molecule has 2 rings (SSSR count). The molecule has 0 amide bonds. The Morgan fingerprint density at radius 3 is 2.04 bits per heavy atom. The zero-order chi connectivity index (χ0) is 20.0. The summed E-state index contributed by atoms with van der Waals surface area (Å²) in [6.07, 6.45) is 2.95. The van der Waals surface area contributed by atoms with Crippen LogP contribution in [0.3, 0.4) is 0 Å². The molecule has 3 nitrogen and oxygen atoms in total. The molecule has 154 valence electrons. The van der Waals surface area contributed by atoms with Crippen LogP contribution in [0.1, 0.15) is 84.6 Å². The molecular weight excluding hydrogens is 403 g/mol. The van der Waals surface area contributed by atoms with E-state index in [9.17, 15) is 0 Å². The second-order valence-electron chi connectivity index (χ2n) is 8.42. The first kappa shape index (κ1) is 22.9. The van der Waals surface area contributed by atoms with Crippen molar-refractivity contribution in [3.8, 4) is 0 Å². The van der Waals surface area contributed by atoms with Crippen molar-refractivity contribution in [1.29, 1.82) is 0 Å². The topological polar surface area (TPSA) is 27.7 Å². The zero-order valence-electron chi connectivity index (χ0n) is 18.2. The van der Waals surface area contributed by atoms with Gasteiger partial charge in [-0.15, -0.1) is 0 Å². The number of hydrogen-bond acceptors (Lipinski definition) is 3. The average molecular weight is 442 g/mol. The molecule has 1 aliphatic heterocycles. The predicted octanol–water partition coefficient (Wildman–Crippen LogP) is 5.22. The van der Waals surface area contributed by atoms with Gasteiger partial charge in [-0.05, 0) is 0 Å². The van der Waals surface area contributed by atoms with Crippen LogP contribution in [-0.4, -0.2) is 40.9 Å². The number of benzene rings is 1. The van der Waals surface area contributed by atoms with Crippen molar-refractivity contribution in [2.75, 3.05) is 19.8 Å². The number of ether oxygens (including phenoxy) is 3. The molecule has 0 unspecified atom stereocenters. The Bertz CT molecular complexity index is 545. The zero-order valence-corrected chi connectivity index (χ0v) is 19.9. The molecule has 0 saturated carbocycles. The van der Waals surface area contributed by atoms with Gasteiger partial charge in [0.05, 0.1) is 0 Å². The second kappa shape index (κ2) is 10.4. The van der Waals surface area contributed by atoms with E-state index < -0.39 is 0 Å². The van der Waals surface area contributed by atoms with Crippen molar-refractivity contribution in [1.82, 2.24) is 0 Å². The van der Waals surface area contributed by atoms with Gasteiger partial charge in [0, 0.05) is 0 Å². The summed E-state index contributed by atoms with van der Waals surface area (Å²) in [5.74, 6) is 0. The molecule has 4 heteroatoms. The summed E-state index contributed by atoms with van der Waals surface area (Å²) in [4.78, 5) is 0.537. The van der Waals surface area contributed by atoms with Crippen molar-refractivity contribution in [3.05, 3.63) is 29.3 Å². The molecular formula is C23H38O3Se. The fraction of sp³-hybridized carbons (Fsp3) is 0.739. The Morgan fingerprint density at radius 2 is 1.63 bits per heavy atom. The van der Waals surface area contributed by atoms with Crippen molar-refractivity contribution in [2.24, 2.45) is 5.41 Å². The van der Waals surface area contributed by atoms with Crippen LogP contribution in [0.5, 0.6) is 0 Å². The van der Waals surface area contributed by atoms with E-state index in [2.05, 4.69) is 66.7 Å². The molecule has 1 saturated heterocycles. The van der Waals surface area contributed by atoms with Gasteiger partial charge in [-0.2, -0.15) is 0 Å². The number of rotatable bonds is 9. The third-order valence-corrected chi connectivity index (χ3v) is 9.32. The van der Waals surface area contributed by atoms with E-state index in [0.29, 0.717) is 10.9 Å². The van der Waals surface area contributed by atoms with Crippen molar-refractivity contribution in [3.63, 3.8) is 0 Å². The van der Waals surface area contributed by atoms with Crippen molar-refractivity contribution >= 4 is 19.4 Å². The first-order valence-corrected chi connectivity index (χ1v) is 12.3. The third-order valence-electron chi connectivity index (χ3n) is 5.19. The van der Waals surface area contributed by atoms with E-state index in [1.54, 1.807) is 0 Å². The van der Waals surface area contributed by atoms with Gasteiger partial charge < -0.3 is 0 Å². The molecule has 27 heavy (non-hydrogen) atoms. The van der Waals surface area contributed by atoms with Crippen LogP contribution in [0.4, 0.5) is 0 Å². The number of hydrogen-bond donors (Lipinski definition) is 0. The van der Waals surface area contributed by atoms with Gasteiger partial charge in [-0.1, -0.05) is 0 Å². The first-order valence-electron chi connectivity index (χ1n) is 10.4. The van der Waals surface area contributed by atoms with Crippen molar-refractivity contribution < 1.29 is 14.2 Å². The van der Waals surface area contributed by atoms with Gasteiger partial charge in [0.15, 0.2) is 0 Å². The molecule has 1 heterocycles. The molecule has 0 bridgehead atoms. The van der Waals surface area contributed by atoms with E-state index in [4.69, 9.17) is 14.2 Å². The van der Waals surface area contributed by atoms with Gasteiger partial charge in [0.2, 0.25) is 0 Å². The van der Waals surface area contributed by atoms with Crippen LogP contribution in [-0.2, 0) is 14.2 Å². The molecule has 1 aromatic carbocycles. The molecule has 0 spiro atoms. The Labute approximate surface area is 172 Å². The second-order valence-corrected chi connectivity index (χ2v) is 10.8. The Hall–Kier alpha value is -0.381. The Morgan fingerprint density at radius 1 is 1.07 bits per heavy atom. The maximum absolute atomic E-state index is 6.16. The van der Waals surface area contributed by atoms with Gasteiger partial charge in [-0.25, -0.2) is 0 Å². The summed E-state index contributed by atoms with van der Waals surface area (Å²) < 4.78 is 19.6. The van der Waals surface area contributed by atoms with Crippen LogP contribution in [0.15, 0.2) is 18.2 Å². The van der Waals surface area contributed by atoms with E-state index in [-0.39, 0.29) is 32.6 Å². The molecule has 1 aromatic rings. The first-order chi connectivity index (χ1) is 12.8. The molecule has 0 aromatic heterocycles. The van der Waals surface area contributed by atoms with E-state index in [1.807, 2.05) is 0 Å². The summed E-state index contributed by atoms with van der Waals surface area (Å²) in [7, 11) is 0. The standard InChI is InChI=1S/C23H38O3Se/c1-8-24-16(3)18-12-10-13-19(17(4)25-9-2)21(18)27-22(23(5,6)7)20-14-11-15-26-20/h10,12-13,16-17,20,22H,8-9,11,14-15H2,1-7H3/t16-,17-,20-,22-/m1/s1. The summed E-state index contributed by atoms with van der Waals surface area (Å²) in [5.41, 5.74) is 2.87. The molecule has 4 atom stereocenters. The Kier molecular flexibility index (Phi) is 8.83. The summed E-state index contributed by atoms with van der Waals surface area (Å²) >= 11 is 0.288. The van der Waals surface area contributed by atoms with Gasteiger partial charge in [-0.3, -0.25) is 0 Å². The third kappa shape index (κ3) is 6.05. The van der Waals surface area contributed by atoms with Crippen LogP contribution >= 0.6 is 0 Å². The fourth-order valence-electron chi connectivity index (χ4n) is 3.81. The van der Waals surface area contributed by atoms with Gasteiger partial charge >= 0.3 is 173 Å². The van der Waals surface area contributed by atoms with E-state index in [1.165, 1.54) is 28.4 Å². The minimum absolute atomic E-state index is 0.103. The van der Waals surface area contributed by atoms with Gasteiger partial charge in [0.25, 0.3) is 0 Å². The quantitative estimate of drug-likeness (QED) is 0.492. The van der Waals surface area contributed by atoms with Gasteiger partial charge in [0.1, 0.15) is 0 Å². The van der Waals surface area contributed by atoms with Crippen LogP contribution in [0, 0.1) is 5.41 Å². The van der Waals surface area contributed by atoms with Crippen LogP contribution in [0.2, 0.25) is 4.82 Å². The SMILES string of the molecule is CCO[C@H](C)c1cccc([C@@H](C)OCC)c1[Se][C@H]([C@H]1CCCO1)C(C)(C)C. The molecule has 1 aliphatic rings. The average Bonchev–Trinajstić information content (AvgIpc) is 3.12. The molecule has 0 radical (unpaired) electrons. The molecule has 0 aliphatic carbocycles. The summed E-state index contributed by atoms with van der Waals surface area (Å²) in [6.45, 7) is 17.9. The molecule has 1 fully saturated rings. The van der Waals surface area contributed by atoms with Crippen molar-refractivity contribution in [2.45, 2.75) is 84.4 Å². The van der Waals surface area contributed by atoms with E-state index >= 15 is 0 Å². The Balaban J connectivity index is 2.45. The summed E-state index contributed by atoms with van der Waals surface area (Å²) in [6, 6.07) is 6.65. The predicted molar refractivity (Wildman–Crippen MR) is 114 cm³/mol. The minimum atomic E-state index is 0.103. The fourth-order valence-corrected chi connectivity index (χ4v) is 7.40. The molecule has 0 N–H and O–H groups in total. The normalized spacial score (nSPS) is 21.2. The monoisotopic (exact) mass is 442 g/mol. The maximum atomic E-state index is 6.16. The van der Waals surface area contributed by atoms with E-state index in [0.717, 1.165) is 19.8 Å². The van der Waals surface area contributed by atoms with Crippen LogP contribution < -0.4 is 4.46 Å². The summed E-state index contributed by atoms with van der Waals surface area (Å²) in [5, 5.41) is 0. The van der Waals surface area contributed by atoms with Crippen LogP contribution in [0.25, 0.3) is 0 Å².